The van der Waals surface area contributed by atoms with Gasteiger partial charge in [-0.2, -0.15) is 0 Å². The summed E-state index contributed by atoms with van der Waals surface area (Å²) in [5.41, 5.74) is 3.90. The first-order valence-electron chi connectivity index (χ1n) is 8.89. The second-order valence-corrected chi connectivity index (χ2v) is 6.99. The van der Waals surface area contributed by atoms with Crippen molar-refractivity contribution in [1.82, 2.24) is 9.80 Å². The maximum absolute atomic E-state index is 12.7. The van der Waals surface area contributed by atoms with E-state index in [9.17, 15) is 4.79 Å². The molecule has 138 valence electrons. The highest BCUT2D eigenvalue weighted by Gasteiger charge is 2.32. The predicted octanol–water partition coefficient (Wildman–Crippen LogP) is 3.27. The molecule has 0 spiro atoms. The molecule has 0 bridgehead atoms. The van der Waals surface area contributed by atoms with Crippen LogP contribution in [-0.4, -0.2) is 54.5 Å². The summed E-state index contributed by atoms with van der Waals surface area (Å²) in [5.74, 6) is 1.30. The van der Waals surface area contributed by atoms with Crippen LogP contribution < -0.4 is 9.64 Å². The minimum absolute atomic E-state index is 0.101. The monoisotopic (exact) mass is 371 g/mol. The molecule has 0 radical (unpaired) electrons. The molecule has 0 unspecified atom stereocenters. The number of likely N-dealkylation sites (N-methyl/N-ethyl adjacent to an activating group) is 2. The van der Waals surface area contributed by atoms with Gasteiger partial charge >= 0.3 is 0 Å². The molecule has 2 aliphatic rings. The Kier molecular flexibility index (Phi) is 5.05. The van der Waals surface area contributed by atoms with Crippen molar-refractivity contribution in [3.05, 3.63) is 41.2 Å². The van der Waals surface area contributed by atoms with E-state index in [1.54, 1.807) is 7.05 Å². The Hall–Kier alpha value is -2.34. The number of anilines is 1. The zero-order valence-electron chi connectivity index (χ0n) is 16.0. The summed E-state index contributed by atoms with van der Waals surface area (Å²) in [7, 11) is 3.59. The number of hydrogen-bond donors (Lipinski definition) is 0. The van der Waals surface area contributed by atoms with E-state index in [4.69, 9.17) is 17.0 Å². The van der Waals surface area contributed by atoms with E-state index in [2.05, 4.69) is 36.9 Å². The lowest BCUT2D eigenvalue weighted by Gasteiger charge is -2.34. The van der Waals surface area contributed by atoms with Gasteiger partial charge in [0.15, 0.2) is 5.11 Å². The van der Waals surface area contributed by atoms with E-state index in [0.717, 1.165) is 35.7 Å². The highest BCUT2D eigenvalue weighted by Crippen LogP contribution is 2.37. The molecule has 1 aromatic carbocycles. The quantitative estimate of drug-likeness (QED) is 0.602. The molecule has 0 atom stereocenters. The van der Waals surface area contributed by atoms with Crippen LogP contribution in [0.25, 0.3) is 5.57 Å². The number of carbonyl (C=O) groups excluding carboxylic acids is 1. The maximum Gasteiger partial charge on any atom is 0.261 e. The number of thiocarbonyl (C=S) groups is 1. The van der Waals surface area contributed by atoms with Gasteiger partial charge in [0.2, 0.25) is 0 Å². The zero-order chi connectivity index (χ0) is 19.0. The van der Waals surface area contributed by atoms with Crippen LogP contribution in [0.5, 0.6) is 5.75 Å². The van der Waals surface area contributed by atoms with Gasteiger partial charge in [-0.15, -0.1) is 0 Å². The predicted molar refractivity (Wildman–Crippen MR) is 109 cm³/mol. The molecule has 1 fully saturated rings. The lowest BCUT2D eigenvalue weighted by atomic mass is 10.00. The second kappa shape index (κ2) is 7.11. The van der Waals surface area contributed by atoms with Crippen LogP contribution >= 0.6 is 12.2 Å². The van der Waals surface area contributed by atoms with Crippen LogP contribution in [0.4, 0.5) is 5.69 Å². The Bertz CT molecular complexity index is 824. The van der Waals surface area contributed by atoms with Gasteiger partial charge in [-0.05, 0) is 56.8 Å². The number of carbonyl (C=O) groups is 1. The van der Waals surface area contributed by atoms with Gasteiger partial charge in [0.1, 0.15) is 11.5 Å². The molecule has 1 saturated heterocycles. The third kappa shape index (κ3) is 3.09. The Balaban J connectivity index is 2.03. The number of nitrogens with zero attached hydrogens (tertiary/aromatic N) is 3. The molecule has 1 amide bonds. The smallest absolute Gasteiger partial charge is 0.261 e. The minimum atomic E-state index is -0.101. The van der Waals surface area contributed by atoms with Crippen LogP contribution in [0.1, 0.15) is 26.3 Å². The molecule has 2 aliphatic heterocycles. The molecular formula is C20H25N3O2S. The molecular weight excluding hydrogens is 346 g/mol. The SMILES string of the molecule is CCN(CC)c1ccc2c(c1)O/C(=C1/CN(C)C(=S)N(C)C1=O)C=C2C. The number of benzene rings is 1. The number of amides is 1. The molecule has 0 aromatic heterocycles. The summed E-state index contributed by atoms with van der Waals surface area (Å²) in [6.07, 6.45) is 1.95. The number of rotatable bonds is 3. The first kappa shape index (κ1) is 18.5. The summed E-state index contributed by atoms with van der Waals surface area (Å²) in [5, 5.41) is 0.528. The highest BCUT2D eigenvalue weighted by molar-refractivity contribution is 7.80. The highest BCUT2D eigenvalue weighted by atomic mass is 32.1. The summed E-state index contributed by atoms with van der Waals surface area (Å²) < 4.78 is 6.18. The molecule has 0 aliphatic carbocycles. The molecule has 0 N–H and O–H groups in total. The lowest BCUT2D eigenvalue weighted by molar-refractivity contribution is -0.124. The average molecular weight is 372 g/mol. The lowest BCUT2D eigenvalue weighted by Crippen LogP contribution is -2.50. The Morgan fingerprint density at radius 2 is 1.92 bits per heavy atom. The van der Waals surface area contributed by atoms with Crippen LogP contribution in [0.15, 0.2) is 35.6 Å². The van der Waals surface area contributed by atoms with Crippen molar-refractivity contribution in [2.45, 2.75) is 20.8 Å². The van der Waals surface area contributed by atoms with E-state index < -0.39 is 0 Å². The standard InChI is InChI=1S/C20H25N3O2S/c1-6-23(7-2)14-8-9-15-13(3)10-17(25-18(15)11-14)16-12-21(4)20(26)22(5)19(16)24/h8-11H,6-7,12H2,1-5H3/b17-16-. The van der Waals surface area contributed by atoms with Crippen LogP contribution in [-0.2, 0) is 4.79 Å². The molecule has 6 heteroatoms. The first-order valence-corrected chi connectivity index (χ1v) is 9.30. The van der Waals surface area contributed by atoms with Crippen molar-refractivity contribution < 1.29 is 9.53 Å². The van der Waals surface area contributed by atoms with Gasteiger partial charge < -0.3 is 14.5 Å². The van der Waals surface area contributed by atoms with Crippen molar-refractivity contribution in [1.29, 1.82) is 0 Å². The maximum atomic E-state index is 12.7. The molecule has 3 rings (SSSR count). The minimum Gasteiger partial charge on any atom is -0.456 e. The number of ether oxygens (including phenoxy) is 1. The van der Waals surface area contributed by atoms with Gasteiger partial charge in [0.25, 0.3) is 5.91 Å². The molecule has 1 aromatic rings. The third-order valence-electron chi connectivity index (χ3n) is 4.96. The fraction of sp³-hybridized carbons (Fsp3) is 0.400. The second-order valence-electron chi connectivity index (χ2n) is 6.63. The van der Waals surface area contributed by atoms with Gasteiger partial charge in [0, 0.05) is 44.5 Å². The summed E-state index contributed by atoms with van der Waals surface area (Å²) in [4.78, 5) is 18.4. The van der Waals surface area contributed by atoms with Crippen molar-refractivity contribution >= 4 is 34.5 Å². The van der Waals surface area contributed by atoms with E-state index in [1.807, 2.05) is 24.9 Å². The normalized spacial score (nSPS) is 20.0. The summed E-state index contributed by atoms with van der Waals surface area (Å²) in [6, 6.07) is 6.27. The van der Waals surface area contributed by atoms with Gasteiger partial charge in [-0.1, -0.05) is 0 Å². The van der Waals surface area contributed by atoms with Crippen LogP contribution in [0.2, 0.25) is 0 Å². The van der Waals surface area contributed by atoms with Gasteiger partial charge in [0.05, 0.1) is 12.1 Å². The van der Waals surface area contributed by atoms with Gasteiger partial charge in [-0.25, -0.2) is 0 Å². The molecule has 0 saturated carbocycles. The fourth-order valence-electron chi connectivity index (χ4n) is 3.38. The van der Waals surface area contributed by atoms with Crippen molar-refractivity contribution in [3.63, 3.8) is 0 Å². The largest absolute Gasteiger partial charge is 0.456 e. The topological polar surface area (TPSA) is 36.0 Å². The number of fused-ring (bicyclic) bond motifs is 1. The third-order valence-corrected chi connectivity index (χ3v) is 5.54. The van der Waals surface area contributed by atoms with Crippen LogP contribution in [0.3, 0.4) is 0 Å². The van der Waals surface area contributed by atoms with E-state index in [-0.39, 0.29) is 5.91 Å². The van der Waals surface area contributed by atoms with E-state index >= 15 is 0 Å². The number of allylic oxidation sites excluding steroid dienone is 2. The Morgan fingerprint density at radius 1 is 1.23 bits per heavy atom. The molecule has 5 nitrogen and oxygen atoms in total. The average Bonchev–Trinajstić information content (AvgIpc) is 2.63. The zero-order valence-corrected chi connectivity index (χ0v) is 16.8. The fourth-order valence-corrected chi connectivity index (χ4v) is 3.53. The van der Waals surface area contributed by atoms with Crippen molar-refractivity contribution in [2.24, 2.45) is 0 Å². The molecule has 26 heavy (non-hydrogen) atoms. The summed E-state index contributed by atoms with van der Waals surface area (Å²) in [6.45, 7) is 8.64. The molecule has 2 heterocycles. The van der Waals surface area contributed by atoms with Crippen molar-refractivity contribution in [2.75, 3.05) is 38.6 Å². The Labute approximate surface area is 160 Å². The van der Waals surface area contributed by atoms with E-state index in [1.165, 1.54) is 4.90 Å². The van der Waals surface area contributed by atoms with Gasteiger partial charge in [-0.3, -0.25) is 9.69 Å². The van der Waals surface area contributed by atoms with Crippen LogP contribution in [0, 0.1) is 0 Å². The Morgan fingerprint density at radius 3 is 2.58 bits per heavy atom. The summed E-state index contributed by atoms with van der Waals surface area (Å²) >= 11 is 5.29. The number of hydrogen-bond acceptors (Lipinski definition) is 4. The van der Waals surface area contributed by atoms with Crippen molar-refractivity contribution in [3.8, 4) is 5.75 Å². The first-order chi connectivity index (χ1) is 12.4. The van der Waals surface area contributed by atoms with E-state index in [0.29, 0.717) is 23.0 Å².